The Hall–Kier alpha value is -4.21. The number of hydrogen-bond donors (Lipinski definition) is 3. The number of rotatable bonds is 4. The number of halogens is 1. The Morgan fingerprint density at radius 1 is 1.16 bits per heavy atom. The molecule has 1 aliphatic carbocycles. The fourth-order valence-electron chi connectivity index (χ4n) is 3.53. The van der Waals surface area contributed by atoms with Gasteiger partial charge in [0.1, 0.15) is 11.5 Å². The molecule has 0 bridgehead atoms. The molecule has 1 saturated carbocycles. The Morgan fingerprint density at radius 2 is 2.06 bits per heavy atom. The first-order valence-corrected chi connectivity index (χ1v) is 9.77. The molecular weight excluding hydrogens is 399 g/mol. The molecule has 0 unspecified atom stereocenters. The Morgan fingerprint density at radius 3 is 2.90 bits per heavy atom. The summed E-state index contributed by atoms with van der Waals surface area (Å²) in [6.45, 7) is 0. The minimum absolute atomic E-state index is 0.0383. The third-order valence-corrected chi connectivity index (χ3v) is 5.28. The largest absolute Gasteiger partial charge is 0.335 e. The number of hydrogen-bond acceptors (Lipinski definition) is 6. The maximum absolute atomic E-state index is 15.6. The van der Waals surface area contributed by atoms with E-state index in [1.54, 1.807) is 24.5 Å². The lowest BCUT2D eigenvalue weighted by molar-refractivity contribution is -0.117. The molecule has 0 spiro atoms. The summed E-state index contributed by atoms with van der Waals surface area (Å²) in [5, 5.41) is 9.98. The van der Waals surface area contributed by atoms with Gasteiger partial charge in [-0.05, 0) is 31.0 Å². The highest BCUT2D eigenvalue weighted by atomic mass is 19.1. The molecule has 31 heavy (non-hydrogen) atoms. The van der Waals surface area contributed by atoms with Gasteiger partial charge in [0.05, 0.1) is 22.8 Å². The second kappa shape index (κ2) is 6.66. The van der Waals surface area contributed by atoms with E-state index in [9.17, 15) is 4.79 Å². The van der Waals surface area contributed by atoms with E-state index in [-0.39, 0.29) is 28.4 Å². The molecule has 0 atom stereocenters. The average molecular weight is 414 g/mol. The molecule has 5 heterocycles. The summed E-state index contributed by atoms with van der Waals surface area (Å²) in [5.41, 5.74) is 3.13. The molecule has 1 amide bonds. The molecule has 10 heteroatoms. The summed E-state index contributed by atoms with van der Waals surface area (Å²) in [7, 11) is 0. The van der Waals surface area contributed by atoms with Gasteiger partial charge in [0.25, 0.3) is 0 Å². The molecule has 5 aromatic heterocycles. The standard InChI is InChI=1S/C21H15FN8O/c22-16-13(11-6-12(8-23-7-11)26-21(31)10-3-4-10)9-25-19-15(16)17(29-30-19)20-27-14-2-1-5-24-18(14)28-20/h1-2,5-10H,3-4H2,(H,26,31)(H,24,27,28)(H,25,29,30). The first-order chi connectivity index (χ1) is 15.2. The fourth-order valence-corrected chi connectivity index (χ4v) is 3.53. The Labute approximate surface area is 174 Å². The number of fused-ring (bicyclic) bond motifs is 2. The van der Waals surface area contributed by atoms with Crippen molar-refractivity contribution in [3.63, 3.8) is 0 Å². The van der Waals surface area contributed by atoms with E-state index in [0.717, 1.165) is 18.4 Å². The molecule has 6 rings (SSSR count). The summed E-state index contributed by atoms with van der Waals surface area (Å²) in [4.78, 5) is 32.2. The summed E-state index contributed by atoms with van der Waals surface area (Å²) >= 11 is 0. The highest BCUT2D eigenvalue weighted by molar-refractivity contribution is 5.96. The lowest BCUT2D eigenvalue weighted by Gasteiger charge is -2.08. The van der Waals surface area contributed by atoms with Gasteiger partial charge in [0, 0.05) is 35.6 Å². The van der Waals surface area contributed by atoms with Crippen molar-refractivity contribution < 1.29 is 9.18 Å². The van der Waals surface area contributed by atoms with Crippen molar-refractivity contribution in [2.24, 2.45) is 5.92 Å². The first kappa shape index (κ1) is 17.6. The van der Waals surface area contributed by atoms with Crippen LogP contribution >= 0.6 is 0 Å². The van der Waals surface area contributed by atoms with Gasteiger partial charge in [0.2, 0.25) is 5.91 Å². The van der Waals surface area contributed by atoms with Crippen LogP contribution in [0.15, 0.2) is 43.0 Å². The number of amides is 1. The third-order valence-electron chi connectivity index (χ3n) is 5.28. The van der Waals surface area contributed by atoms with Crippen LogP contribution in [0.25, 0.3) is 44.8 Å². The number of H-pyrrole nitrogens is 2. The number of carbonyl (C=O) groups is 1. The highest BCUT2D eigenvalue weighted by Crippen LogP contribution is 2.34. The van der Waals surface area contributed by atoms with Crippen molar-refractivity contribution in [1.29, 1.82) is 0 Å². The molecule has 1 aliphatic rings. The number of aromatic nitrogens is 7. The summed E-state index contributed by atoms with van der Waals surface area (Å²) in [6, 6.07) is 5.31. The summed E-state index contributed by atoms with van der Waals surface area (Å²) < 4.78 is 15.6. The van der Waals surface area contributed by atoms with Gasteiger partial charge in [-0.2, -0.15) is 5.10 Å². The zero-order chi connectivity index (χ0) is 20.9. The van der Waals surface area contributed by atoms with Crippen molar-refractivity contribution in [1.82, 2.24) is 35.1 Å². The average Bonchev–Trinajstić information content (AvgIpc) is 3.40. The van der Waals surface area contributed by atoms with Gasteiger partial charge in [-0.1, -0.05) is 0 Å². The number of nitrogens with zero attached hydrogens (tertiary/aromatic N) is 5. The van der Waals surface area contributed by atoms with E-state index in [0.29, 0.717) is 28.4 Å². The van der Waals surface area contributed by atoms with Gasteiger partial charge in [-0.3, -0.25) is 14.9 Å². The molecule has 0 aliphatic heterocycles. The van der Waals surface area contributed by atoms with E-state index in [1.807, 2.05) is 6.07 Å². The molecule has 152 valence electrons. The topological polar surface area (TPSA) is 125 Å². The Bertz CT molecular complexity index is 1440. The van der Waals surface area contributed by atoms with Crippen molar-refractivity contribution in [2.75, 3.05) is 5.32 Å². The number of nitrogens with one attached hydrogen (secondary N) is 3. The van der Waals surface area contributed by atoms with Gasteiger partial charge in [-0.25, -0.2) is 19.3 Å². The first-order valence-electron chi connectivity index (χ1n) is 9.77. The van der Waals surface area contributed by atoms with Crippen LogP contribution in [0.1, 0.15) is 12.8 Å². The van der Waals surface area contributed by atoms with Crippen LogP contribution in [0.4, 0.5) is 10.1 Å². The van der Waals surface area contributed by atoms with Gasteiger partial charge in [-0.15, -0.1) is 0 Å². The van der Waals surface area contributed by atoms with Crippen LogP contribution in [-0.4, -0.2) is 41.0 Å². The minimum Gasteiger partial charge on any atom is -0.335 e. The van der Waals surface area contributed by atoms with Crippen LogP contribution in [0, 0.1) is 11.7 Å². The fraction of sp³-hybridized carbons (Fsp3) is 0.143. The van der Waals surface area contributed by atoms with E-state index in [1.165, 1.54) is 12.4 Å². The molecule has 0 saturated heterocycles. The van der Waals surface area contributed by atoms with Gasteiger partial charge >= 0.3 is 0 Å². The van der Waals surface area contributed by atoms with Crippen molar-refractivity contribution in [2.45, 2.75) is 12.8 Å². The molecule has 3 N–H and O–H groups in total. The van der Waals surface area contributed by atoms with Gasteiger partial charge < -0.3 is 10.3 Å². The van der Waals surface area contributed by atoms with Crippen molar-refractivity contribution >= 4 is 33.8 Å². The zero-order valence-electron chi connectivity index (χ0n) is 16.1. The molecule has 1 fully saturated rings. The number of carbonyl (C=O) groups excluding carboxylic acids is 1. The Kier molecular flexibility index (Phi) is 3.79. The van der Waals surface area contributed by atoms with Crippen LogP contribution < -0.4 is 5.32 Å². The van der Waals surface area contributed by atoms with Crippen LogP contribution in [-0.2, 0) is 4.79 Å². The lowest BCUT2D eigenvalue weighted by atomic mass is 10.1. The van der Waals surface area contributed by atoms with E-state index in [4.69, 9.17) is 0 Å². The maximum atomic E-state index is 15.6. The normalized spacial score (nSPS) is 13.7. The molecular formula is C21H15FN8O. The maximum Gasteiger partial charge on any atom is 0.227 e. The molecule has 9 nitrogen and oxygen atoms in total. The quantitative estimate of drug-likeness (QED) is 0.414. The SMILES string of the molecule is O=C(Nc1cncc(-c2cnc3n[nH]c(-c4nc5ncccc5[nH]4)c3c2F)c1)C1CC1. The van der Waals surface area contributed by atoms with Crippen LogP contribution in [0.3, 0.4) is 0 Å². The second-order valence-electron chi connectivity index (χ2n) is 7.47. The van der Waals surface area contributed by atoms with Crippen molar-refractivity contribution in [3.8, 4) is 22.6 Å². The lowest BCUT2D eigenvalue weighted by Crippen LogP contribution is -2.13. The minimum atomic E-state index is -0.505. The number of aromatic amines is 2. The number of pyridine rings is 3. The van der Waals surface area contributed by atoms with E-state index >= 15 is 4.39 Å². The highest BCUT2D eigenvalue weighted by Gasteiger charge is 2.29. The van der Waals surface area contributed by atoms with Crippen LogP contribution in [0.2, 0.25) is 0 Å². The number of imidazole rings is 1. The van der Waals surface area contributed by atoms with E-state index < -0.39 is 5.82 Å². The second-order valence-corrected chi connectivity index (χ2v) is 7.47. The smallest absolute Gasteiger partial charge is 0.227 e. The van der Waals surface area contributed by atoms with Crippen LogP contribution in [0.5, 0.6) is 0 Å². The summed E-state index contributed by atoms with van der Waals surface area (Å²) in [5.74, 6) is -0.0685. The molecule has 0 aromatic carbocycles. The van der Waals surface area contributed by atoms with Gasteiger partial charge in [0.15, 0.2) is 17.1 Å². The molecule has 5 aromatic rings. The predicted molar refractivity (Wildman–Crippen MR) is 111 cm³/mol. The Balaban J connectivity index is 1.44. The van der Waals surface area contributed by atoms with E-state index in [2.05, 4.69) is 40.4 Å². The summed E-state index contributed by atoms with van der Waals surface area (Å²) in [6.07, 6.45) is 7.91. The predicted octanol–water partition coefficient (Wildman–Crippen LogP) is 3.45. The monoisotopic (exact) mass is 414 g/mol. The third kappa shape index (κ3) is 3.00. The van der Waals surface area contributed by atoms with Crippen molar-refractivity contribution in [3.05, 3.63) is 48.8 Å². The molecule has 0 radical (unpaired) electrons. The number of anilines is 1. The zero-order valence-corrected chi connectivity index (χ0v) is 16.1.